The fourth-order valence-electron chi connectivity index (χ4n) is 0.191. The molecule has 0 radical (unpaired) electrons. The molecule has 0 amide bonds. The highest BCUT2D eigenvalue weighted by Crippen LogP contribution is 1.86. The SMILES string of the molecule is O=C(S)CC(=O)C=S. The number of hydrogen-bond donors (Lipinski definition) is 1. The van der Waals surface area contributed by atoms with Gasteiger partial charge in [-0.25, -0.2) is 0 Å². The Hall–Kier alpha value is -0.220. The molecule has 0 fully saturated rings. The number of ketones is 1. The standard InChI is InChI=1S/C4H4O2S2/c5-3(2-7)1-4(6)8/h2H,1H2,(H,6,8). The van der Waals surface area contributed by atoms with Gasteiger partial charge in [0.1, 0.15) is 0 Å². The van der Waals surface area contributed by atoms with Crippen LogP contribution in [-0.4, -0.2) is 16.3 Å². The van der Waals surface area contributed by atoms with Gasteiger partial charge < -0.3 is 0 Å². The predicted octanol–water partition coefficient (Wildman–Crippen LogP) is 0.402. The Morgan fingerprint density at radius 2 is 2.12 bits per heavy atom. The molecule has 0 aromatic rings. The van der Waals surface area contributed by atoms with E-state index in [2.05, 4.69) is 24.8 Å². The van der Waals surface area contributed by atoms with Crippen molar-refractivity contribution in [3.63, 3.8) is 0 Å². The van der Waals surface area contributed by atoms with Crippen LogP contribution in [0.4, 0.5) is 0 Å². The first-order chi connectivity index (χ1) is 3.66. The maximum Gasteiger partial charge on any atom is 0.193 e. The van der Waals surface area contributed by atoms with Crippen LogP contribution in [0.15, 0.2) is 0 Å². The molecule has 0 rings (SSSR count). The first-order valence-electron chi connectivity index (χ1n) is 1.86. The van der Waals surface area contributed by atoms with E-state index in [1.165, 1.54) is 0 Å². The summed E-state index contributed by atoms with van der Waals surface area (Å²) in [5.41, 5.74) is 0. The Kier molecular flexibility index (Phi) is 3.64. The lowest BCUT2D eigenvalue weighted by atomic mass is 10.3. The molecular weight excluding hydrogens is 144 g/mol. The van der Waals surface area contributed by atoms with Crippen molar-refractivity contribution in [1.29, 1.82) is 0 Å². The highest BCUT2D eigenvalue weighted by atomic mass is 32.1. The molecule has 0 aromatic carbocycles. The van der Waals surface area contributed by atoms with E-state index in [0.29, 0.717) is 0 Å². The lowest BCUT2D eigenvalue weighted by molar-refractivity contribution is -0.118. The second-order valence-corrected chi connectivity index (χ2v) is 1.89. The van der Waals surface area contributed by atoms with Crippen molar-refractivity contribution in [3.8, 4) is 0 Å². The van der Waals surface area contributed by atoms with Gasteiger partial charge in [-0.15, -0.1) is 12.6 Å². The minimum absolute atomic E-state index is 0.188. The first-order valence-corrected chi connectivity index (χ1v) is 2.78. The van der Waals surface area contributed by atoms with E-state index in [9.17, 15) is 9.59 Å². The summed E-state index contributed by atoms with van der Waals surface area (Å²) in [5.74, 6) is -0.361. The smallest absolute Gasteiger partial charge is 0.193 e. The molecule has 0 saturated heterocycles. The maximum atomic E-state index is 10.2. The van der Waals surface area contributed by atoms with Gasteiger partial charge in [0.25, 0.3) is 0 Å². The van der Waals surface area contributed by atoms with Gasteiger partial charge in [0, 0.05) is 5.37 Å². The normalized spacial score (nSPS) is 8.12. The van der Waals surface area contributed by atoms with Crippen LogP contribution in [0.3, 0.4) is 0 Å². The average molecular weight is 148 g/mol. The van der Waals surface area contributed by atoms with Crippen LogP contribution in [0, 0.1) is 0 Å². The molecule has 2 nitrogen and oxygen atoms in total. The Morgan fingerprint density at radius 1 is 1.62 bits per heavy atom. The van der Waals surface area contributed by atoms with Crippen molar-refractivity contribution >= 4 is 41.1 Å². The monoisotopic (exact) mass is 148 g/mol. The summed E-state index contributed by atoms with van der Waals surface area (Å²) in [7, 11) is 0. The molecule has 0 spiro atoms. The van der Waals surface area contributed by atoms with Gasteiger partial charge in [0.2, 0.25) is 0 Å². The summed E-state index contributed by atoms with van der Waals surface area (Å²) >= 11 is 7.60. The second-order valence-electron chi connectivity index (χ2n) is 1.15. The van der Waals surface area contributed by atoms with Crippen LogP contribution >= 0.6 is 24.8 Å². The molecule has 4 heteroatoms. The molecule has 44 valence electrons. The van der Waals surface area contributed by atoms with Crippen LogP contribution in [0.1, 0.15) is 6.42 Å². The molecule has 0 unspecified atom stereocenters. The lowest BCUT2D eigenvalue weighted by Gasteiger charge is -1.81. The van der Waals surface area contributed by atoms with Crippen LogP contribution in [-0.2, 0) is 9.59 Å². The first kappa shape index (κ1) is 7.78. The minimum Gasteiger partial charge on any atom is -0.293 e. The lowest BCUT2D eigenvalue weighted by Crippen LogP contribution is -2.01. The molecule has 0 aliphatic heterocycles. The average Bonchev–Trinajstić information content (AvgIpc) is 1.65. The van der Waals surface area contributed by atoms with Crippen molar-refractivity contribution in [2.75, 3.05) is 0 Å². The second kappa shape index (κ2) is 3.74. The fourth-order valence-corrected chi connectivity index (χ4v) is 0.430. The van der Waals surface area contributed by atoms with E-state index in [-0.39, 0.29) is 12.2 Å². The van der Waals surface area contributed by atoms with Gasteiger partial charge >= 0.3 is 0 Å². The number of thiol groups is 1. The molecular formula is C4H4O2S2. The zero-order valence-corrected chi connectivity index (χ0v) is 5.67. The molecule has 0 N–H and O–H groups in total. The van der Waals surface area contributed by atoms with E-state index in [1.54, 1.807) is 0 Å². The van der Waals surface area contributed by atoms with Gasteiger partial charge in [-0.2, -0.15) is 0 Å². The maximum absolute atomic E-state index is 10.2. The molecule has 0 bridgehead atoms. The third-order valence-electron chi connectivity index (χ3n) is 0.457. The van der Waals surface area contributed by atoms with Crippen molar-refractivity contribution in [2.24, 2.45) is 0 Å². The number of rotatable bonds is 3. The highest BCUT2D eigenvalue weighted by molar-refractivity contribution is 7.96. The van der Waals surface area contributed by atoms with Crippen molar-refractivity contribution in [2.45, 2.75) is 6.42 Å². The zero-order valence-electron chi connectivity index (χ0n) is 3.96. The van der Waals surface area contributed by atoms with E-state index < -0.39 is 5.12 Å². The quantitative estimate of drug-likeness (QED) is 0.357. The Bertz CT molecular complexity index is 130. The molecule has 0 aromatic heterocycles. The molecule has 0 atom stereocenters. The molecule has 0 saturated carbocycles. The van der Waals surface area contributed by atoms with Crippen LogP contribution in [0.5, 0.6) is 0 Å². The third-order valence-corrected chi connectivity index (χ3v) is 0.878. The summed E-state index contributed by atoms with van der Waals surface area (Å²) in [4.78, 5) is 20.2. The molecule has 8 heavy (non-hydrogen) atoms. The van der Waals surface area contributed by atoms with E-state index in [4.69, 9.17) is 0 Å². The van der Waals surface area contributed by atoms with Crippen LogP contribution in [0.2, 0.25) is 0 Å². The molecule has 0 heterocycles. The summed E-state index contributed by atoms with van der Waals surface area (Å²) in [6.07, 6.45) is -0.188. The van der Waals surface area contributed by atoms with Crippen molar-refractivity contribution in [3.05, 3.63) is 0 Å². The molecule has 0 aliphatic carbocycles. The summed E-state index contributed by atoms with van der Waals surface area (Å²) < 4.78 is 0. The Morgan fingerprint density at radius 3 is 2.25 bits per heavy atom. The topological polar surface area (TPSA) is 34.1 Å². The van der Waals surface area contributed by atoms with Crippen molar-refractivity contribution < 1.29 is 9.59 Å². The van der Waals surface area contributed by atoms with Crippen LogP contribution < -0.4 is 0 Å². The van der Waals surface area contributed by atoms with Crippen molar-refractivity contribution in [1.82, 2.24) is 0 Å². The number of Topliss-reactive ketones (excluding diaryl/α,β-unsaturated/α-hetero) is 1. The van der Waals surface area contributed by atoms with E-state index >= 15 is 0 Å². The molecule has 0 aliphatic rings. The minimum atomic E-state index is -0.448. The largest absolute Gasteiger partial charge is 0.293 e. The van der Waals surface area contributed by atoms with Gasteiger partial charge in [-0.3, -0.25) is 9.59 Å². The number of carbonyl (C=O) groups excluding carboxylic acids is 2. The highest BCUT2D eigenvalue weighted by Gasteiger charge is 1.99. The van der Waals surface area contributed by atoms with E-state index in [1.807, 2.05) is 0 Å². The summed E-state index contributed by atoms with van der Waals surface area (Å²) in [6, 6.07) is 0. The van der Waals surface area contributed by atoms with E-state index in [0.717, 1.165) is 5.37 Å². The summed E-state index contributed by atoms with van der Waals surface area (Å²) in [5, 5.41) is 0.491. The van der Waals surface area contributed by atoms with Gasteiger partial charge in [-0.1, -0.05) is 12.2 Å². The number of hydrogen-bond acceptors (Lipinski definition) is 3. The van der Waals surface area contributed by atoms with Gasteiger partial charge in [-0.05, 0) is 0 Å². The number of thiocarbonyl (C=S) groups is 1. The van der Waals surface area contributed by atoms with Gasteiger partial charge in [0.05, 0.1) is 6.42 Å². The summed E-state index contributed by atoms with van der Waals surface area (Å²) in [6.45, 7) is 0. The van der Waals surface area contributed by atoms with Gasteiger partial charge in [0.15, 0.2) is 10.9 Å². The fraction of sp³-hybridized carbons (Fsp3) is 0.250. The third kappa shape index (κ3) is 3.95. The van der Waals surface area contributed by atoms with Crippen LogP contribution in [0.25, 0.3) is 0 Å². The predicted molar refractivity (Wildman–Crippen MR) is 37.3 cm³/mol. The Labute approximate surface area is 57.7 Å². The number of carbonyl (C=O) groups is 2. The zero-order chi connectivity index (χ0) is 6.57. The Balaban J connectivity index is 3.55.